The second-order valence-electron chi connectivity index (χ2n) is 2.31. The van der Waals surface area contributed by atoms with Crippen molar-refractivity contribution in [2.24, 2.45) is 4.99 Å². The van der Waals surface area contributed by atoms with E-state index in [0.29, 0.717) is 5.84 Å². The van der Waals surface area contributed by atoms with Gasteiger partial charge in [0.2, 0.25) is 5.88 Å². The zero-order valence-corrected chi connectivity index (χ0v) is 6.10. The number of aliphatic hydroxyl groups is 2. The van der Waals surface area contributed by atoms with E-state index in [-0.39, 0.29) is 11.8 Å². The van der Waals surface area contributed by atoms with E-state index >= 15 is 0 Å². The van der Waals surface area contributed by atoms with Gasteiger partial charge in [0.1, 0.15) is 0 Å². The van der Waals surface area contributed by atoms with Crippen LogP contribution in [-0.2, 0) is 0 Å². The second-order valence-corrected chi connectivity index (χ2v) is 2.31. The van der Waals surface area contributed by atoms with E-state index in [9.17, 15) is 5.11 Å². The molecule has 0 aromatic carbocycles. The van der Waals surface area contributed by atoms with E-state index in [2.05, 4.69) is 10.7 Å². The summed E-state index contributed by atoms with van der Waals surface area (Å²) in [5.74, 6) is 0.0167. The zero-order valence-electron chi connectivity index (χ0n) is 6.10. The van der Waals surface area contributed by atoms with Crippen molar-refractivity contribution >= 4 is 5.84 Å². The molecule has 0 amide bonds. The first-order valence-corrected chi connectivity index (χ1v) is 3.39. The molecule has 61 valence electrons. The minimum absolute atomic E-state index is 0.155. The number of allylic oxidation sites excluding steroid dienone is 1. The van der Waals surface area contributed by atoms with Gasteiger partial charge in [0.25, 0.3) is 5.88 Å². The maximum atomic E-state index is 9.26. The van der Waals surface area contributed by atoms with Crippen LogP contribution in [0.2, 0.25) is 0 Å². The highest BCUT2D eigenvalue weighted by Gasteiger charge is 2.14. The lowest BCUT2D eigenvalue weighted by Gasteiger charge is -2.30. The Morgan fingerprint density at radius 3 is 3.17 bits per heavy atom. The van der Waals surface area contributed by atoms with E-state index in [4.69, 9.17) is 5.11 Å². The van der Waals surface area contributed by atoms with Gasteiger partial charge in [-0.2, -0.15) is 4.99 Å². The van der Waals surface area contributed by atoms with Gasteiger partial charge in [-0.3, -0.25) is 0 Å². The number of hydrogen-bond donors (Lipinski definition) is 2. The normalized spacial score (nSPS) is 20.3. The van der Waals surface area contributed by atoms with Gasteiger partial charge in [-0.05, 0) is 6.42 Å². The van der Waals surface area contributed by atoms with Crippen LogP contribution in [0.3, 0.4) is 0 Å². The molecule has 2 heterocycles. The smallest absolute Gasteiger partial charge is 0.264 e. The molecule has 0 aliphatic carbocycles. The average Bonchev–Trinajstić information content (AvgIpc) is 2.04. The summed E-state index contributed by atoms with van der Waals surface area (Å²) in [5.41, 5.74) is 2.28. The van der Waals surface area contributed by atoms with Gasteiger partial charge in [0.05, 0.1) is 5.84 Å². The maximum Gasteiger partial charge on any atom is 0.264 e. The highest BCUT2D eigenvalue weighted by molar-refractivity contribution is 5.96. The lowest BCUT2D eigenvalue weighted by atomic mass is 10.2. The lowest BCUT2D eigenvalue weighted by Crippen LogP contribution is -2.29. The average molecular weight is 162 g/mol. The predicted octanol–water partition coefficient (Wildman–Crippen LogP) is 1.03. The first-order chi connectivity index (χ1) is 5.77. The summed E-state index contributed by atoms with van der Waals surface area (Å²) in [6, 6.07) is 0. The molecule has 2 N–H and O–H groups in total. The highest BCUT2D eigenvalue weighted by Crippen LogP contribution is 2.16. The van der Waals surface area contributed by atoms with E-state index in [1.807, 2.05) is 0 Å². The summed E-state index contributed by atoms with van der Waals surface area (Å²) in [7, 11) is 0. The Balaban J connectivity index is 2.47. The predicted molar refractivity (Wildman–Crippen MR) is 42.8 cm³/mol. The van der Waals surface area contributed by atoms with Gasteiger partial charge >= 0.3 is 0 Å². The standard InChI is InChI=1S/C8H6N2O2/c11-7-5-8(12)10-4-2-1-3-6(10)9-7/h1-4,11-12H/q-1. The number of aliphatic hydroxyl groups excluding tert-OH is 2. The molecular weight excluding hydrogens is 156 g/mol. The molecule has 0 aromatic heterocycles. The fourth-order valence-corrected chi connectivity index (χ4v) is 1.00. The van der Waals surface area contributed by atoms with Crippen molar-refractivity contribution < 1.29 is 10.2 Å². The Hall–Kier alpha value is -1.80. The van der Waals surface area contributed by atoms with Crippen LogP contribution in [-0.4, -0.2) is 20.9 Å². The van der Waals surface area contributed by atoms with Crippen LogP contribution >= 0.6 is 0 Å². The van der Waals surface area contributed by atoms with Gasteiger partial charge in [0, 0.05) is 5.73 Å². The topological polar surface area (TPSA) is 56.1 Å². The van der Waals surface area contributed by atoms with Gasteiger partial charge in [-0.15, -0.1) is 6.20 Å². The maximum absolute atomic E-state index is 9.26. The van der Waals surface area contributed by atoms with Gasteiger partial charge < -0.3 is 15.1 Å². The molecule has 12 heavy (non-hydrogen) atoms. The van der Waals surface area contributed by atoms with Crippen LogP contribution in [0, 0.1) is 12.8 Å². The van der Waals surface area contributed by atoms with Crippen molar-refractivity contribution in [3.63, 3.8) is 0 Å². The molecule has 1 radical (unpaired) electrons. The summed E-state index contributed by atoms with van der Waals surface area (Å²) in [6.45, 7) is 0. The minimum Gasteiger partial charge on any atom is -0.489 e. The number of amidine groups is 1. The number of hydrogen-bond acceptors (Lipinski definition) is 4. The Kier molecular flexibility index (Phi) is 1.35. The first-order valence-electron chi connectivity index (χ1n) is 3.39. The molecule has 0 unspecified atom stereocenters. The molecular formula is C8H6N2O2-. The zero-order chi connectivity index (χ0) is 8.55. The van der Waals surface area contributed by atoms with Crippen LogP contribution < -0.4 is 0 Å². The molecule has 2 rings (SSSR count). The van der Waals surface area contributed by atoms with Gasteiger partial charge in [-0.1, -0.05) is 0 Å². The Morgan fingerprint density at radius 1 is 1.50 bits per heavy atom. The van der Waals surface area contributed by atoms with Crippen molar-refractivity contribution in [1.29, 1.82) is 0 Å². The van der Waals surface area contributed by atoms with Crippen LogP contribution in [0.5, 0.6) is 0 Å². The number of rotatable bonds is 0. The number of aliphatic imine (C=N–C) groups is 1. The van der Waals surface area contributed by atoms with Crippen LogP contribution in [0.1, 0.15) is 0 Å². The largest absolute Gasteiger partial charge is 0.489 e. The summed E-state index contributed by atoms with van der Waals surface area (Å²) >= 11 is 0. The van der Waals surface area contributed by atoms with Gasteiger partial charge in [-0.25, -0.2) is 12.5 Å². The Bertz CT molecular complexity index is 335. The molecule has 0 saturated carbocycles. The number of nitrogens with zero attached hydrogens (tertiary/aromatic N) is 2. The Morgan fingerprint density at radius 2 is 2.33 bits per heavy atom. The van der Waals surface area contributed by atoms with Crippen molar-refractivity contribution in [2.45, 2.75) is 0 Å². The van der Waals surface area contributed by atoms with Crippen LogP contribution in [0.15, 0.2) is 34.8 Å². The molecule has 0 spiro atoms. The van der Waals surface area contributed by atoms with E-state index in [1.165, 1.54) is 4.90 Å². The fraction of sp³-hybridized carbons (Fsp3) is 0. The molecule has 2 aliphatic heterocycles. The molecule has 0 bridgehead atoms. The van der Waals surface area contributed by atoms with Crippen molar-refractivity contribution in [1.82, 2.24) is 4.90 Å². The third kappa shape index (κ3) is 0.946. The fourth-order valence-electron chi connectivity index (χ4n) is 1.00. The molecule has 0 saturated heterocycles. The monoisotopic (exact) mass is 162 g/mol. The summed E-state index contributed by atoms with van der Waals surface area (Å²) in [6.07, 6.45) is 6.82. The molecule has 2 aliphatic rings. The van der Waals surface area contributed by atoms with E-state index in [1.54, 1.807) is 25.1 Å². The first kappa shape index (κ1) is 6.88. The molecule has 0 atom stereocenters. The summed E-state index contributed by atoms with van der Waals surface area (Å²) in [4.78, 5) is 5.16. The summed E-state index contributed by atoms with van der Waals surface area (Å²) < 4.78 is 0. The molecule has 4 nitrogen and oxygen atoms in total. The highest BCUT2D eigenvalue weighted by atomic mass is 16.3. The van der Waals surface area contributed by atoms with Crippen LogP contribution in [0.25, 0.3) is 0 Å². The lowest BCUT2D eigenvalue weighted by molar-refractivity contribution is 0.303. The second kappa shape index (κ2) is 2.36. The van der Waals surface area contributed by atoms with E-state index in [0.717, 1.165) is 0 Å². The van der Waals surface area contributed by atoms with Gasteiger partial charge in [0.15, 0.2) is 0 Å². The van der Waals surface area contributed by atoms with Crippen molar-refractivity contribution in [3.05, 3.63) is 42.6 Å². The van der Waals surface area contributed by atoms with Crippen molar-refractivity contribution in [2.75, 3.05) is 0 Å². The molecule has 4 heteroatoms. The SMILES string of the molecule is OC1=C=C(O)N2C=C[CH-][CH]C2=N1. The third-order valence-corrected chi connectivity index (χ3v) is 1.51. The quantitative estimate of drug-likeness (QED) is 0.413. The molecule has 0 aromatic rings. The van der Waals surface area contributed by atoms with Crippen LogP contribution in [0.4, 0.5) is 0 Å². The molecule has 0 fully saturated rings. The summed E-state index contributed by atoms with van der Waals surface area (Å²) in [5, 5.41) is 18.2. The van der Waals surface area contributed by atoms with E-state index < -0.39 is 0 Å². The Labute approximate surface area is 69.5 Å². The van der Waals surface area contributed by atoms with Crippen molar-refractivity contribution in [3.8, 4) is 0 Å². The number of fused-ring (bicyclic) bond motifs is 1. The third-order valence-electron chi connectivity index (χ3n) is 1.51. The minimum atomic E-state index is -0.307.